The van der Waals surface area contributed by atoms with Gasteiger partial charge in [-0.25, -0.2) is 0 Å². The topological polar surface area (TPSA) is 48.2 Å². The van der Waals surface area contributed by atoms with E-state index in [1.54, 1.807) is 0 Å². The monoisotopic (exact) mass is 292 g/mol. The van der Waals surface area contributed by atoms with Crippen LogP contribution in [0, 0.1) is 0 Å². The lowest BCUT2D eigenvalue weighted by Crippen LogP contribution is -1.99. The molecular formula is C18H16N2O2. The molecule has 1 atom stereocenters. The van der Waals surface area contributed by atoms with Crippen LogP contribution in [0.4, 0.5) is 0 Å². The minimum absolute atomic E-state index is 0.251. The molecule has 3 aromatic rings. The number of ether oxygens (including phenoxy) is 1. The molecule has 2 aromatic carbocycles. The molecule has 4 nitrogen and oxygen atoms in total. The fourth-order valence-corrected chi connectivity index (χ4v) is 2.79. The van der Waals surface area contributed by atoms with Crippen molar-refractivity contribution in [1.82, 2.24) is 10.1 Å². The van der Waals surface area contributed by atoms with Gasteiger partial charge in [-0.05, 0) is 23.6 Å². The molecule has 2 heterocycles. The molecule has 1 aliphatic rings. The van der Waals surface area contributed by atoms with E-state index in [1.165, 1.54) is 0 Å². The summed E-state index contributed by atoms with van der Waals surface area (Å²) in [5.74, 6) is 1.57. The van der Waals surface area contributed by atoms with E-state index in [4.69, 9.17) is 9.26 Å². The standard InChI is InChI=1S/C18H16N2O2/c1-2-6-13(7-3-1)15-8-4-5-9-16(15)18-19-17(20-22-18)14-10-11-21-12-14/h1-9,14H,10-12H2/t14-/m1/s1. The van der Waals surface area contributed by atoms with E-state index in [0.29, 0.717) is 12.5 Å². The minimum Gasteiger partial charge on any atom is -0.381 e. The van der Waals surface area contributed by atoms with Crippen molar-refractivity contribution in [2.24, 2.45) is 0 Å². The number of hydrogen-bond acceptors (Lipinski definition) is 4. The van der Waals surface area contributed by atoms with Gasteiger partial charge in [-0.2, -0.15) is 4.98 Å². The highest BCUT2D eigenvalue weighted by atomic mass is 16.5. The summed E-state index contributed by atoms with van der Waals surface area (Å²) in [5.41, 5.74) is 3.20. The van der Waals surface area contributed by atoms with E-state index < -0.39 is 0 Å². The average Bonchev–Trinajstić information content (AvgIpc) is 3.27. The molecule has 1 fully saturated rings. The highest BCUT2D eigenvalue weighted by molar-refractivity contribution is 5.79. The third kappa shape index (κ3) is 2.42. The van der Waals surface area contributed by atoms with Crippen LogP contribution in [0.2, 0.25) is 0 Å². The predicted octanol–water partition coefficient (Wildman–Crippen LogP) is 3.91. The smallest absolute Gasteiger partial charge is 0.258 e. The van der Waals surface area contributed by atoms with Crippen LogP contribution in [0.15, 0.2) is 59.1 Å². The van der Waals surface area contributed by atoms with Crippen LogP contribution in [0.1, 0.15) is 18.2 Å². The summed E-state index contributed by atoms with van der Waals surface area (Å²) >= 11 is 0. The van der Waals surface area contributed by atoms with E-state index in [-0.39, 0.29) is 5.92 Å². The number of rotatable bonds is 3. The molecular weight excluding hydrogens is 276 g/mol. The molecule has 0 unspecified atom stereocenters. The first-order valence-corrected chi connectivity index (χ1v) is 7.48. The van der Waals surface area contributed by atoms with Gasteiger partial charge in [0.1, 0.15) is 0 Å². The summed E-state index contributed by atoms with van der Waals surface area (Å²) in [6.07, 6.45) is 0.958. The zero-order valence-electron chi connectivity index (χ0n) is 12.1. The molecule has 0 aliphatic carbocycles. The van der Waals surface area contributed by atoms with Crippen LogP contribution < -0.4 is 0 Å². The lowest BCUT2D eigenvalue weighted by Gasteiger charge is -2.05. The van der Waals surface area contributed by atoms with Gasteiger partial charge in [-0.15, -0.1) is 0 Å². The molecule has 4 heteroatoms. The van der Waals surface area contributed by atoms with E-state index in [0.717, 1.165) is 35.5 Å². The van der Waals surface area contributed by atoms with Crippen LogP contribution in [-0.2, 0) is 4.74 Å². The van der Waals surface area contributed by atoms with Gasteiger partial charge >= 0.3 is 0 Å². The van der Waals surface area contributed by atoms with Gasteiger partial charge in [0.05, 0.1) is 6.61 Å². The normalized spacial score (nSPS) is 17.7. The molecule has 110 valence electrons. The fraction of sp³-hybridized carbons (Fsp3) is 0.222. The van der Waals surface area contributed by atoms with Crippen molar-refractivity contribution in [3.05, 3.63) is 60.4 Å². The zero-order chi connectivity index (χ0) is 14.8. The van der Waals surface area contributed by atoms with Gasteiger partial charge in [0.2, 0.25) is 0 Å². The fourth-order valence-electron chi connectivity index (χ4n) is 2.79. The Labute approximate surface area is 128 Å². The lowest BCUT2D eigenvalue weighted by atomic mass is 10.00. The van der Waals surface area contributed by atoms with Gasteiger partial charge in [-0.3, -0.25) is 0 Å². The molecule has 1 aliphatic heterocycles. The molecule has 1 aromatic heterocycles. The molecule has 0 saturated carbocycles. The Morgan fingerprint density at radius 2 is 1.68 bits per heavy atom. The second-order valence-electron chi connectivity index (χ2n) is 5.43. The Kier molecular flexibility index (Phi) is 3.45. The van der Waals surface area contributed by atoms with Crippen LogP contribution >= 0.6 is 0 Å². The molecule has 4 rings (SSSR count). The molecule has 22 heavy (non-hydrogen) atoms. The summed E-state index contributed by atoms with van der Waals surface area (Å²) in [6, 6.07) is 18.3. The lowest BCUT2D eigenvalue weighted by molar-refractivity contribution is 0.192. The maximum atomic E-state index is 5.51. The van der Waals surface area contributed by atoms with E-state index in [2.05, 4.69) is 28.3 Å². The maximum Gasteiger partial charge on any atom is 0.258 e. The van der Waals surface area contributed by atoms with Gasteiger partial charge in [0.25, 0.3) is 5.89 Å². The minimum atomic E-state index is 0.251. The second kappa shape index (κ2) is 5.73. The second-order valence-corrected chi connectivity index (χ2v) is 5.43. The van der Waals surface area contributed by atoms with Gasteiger partial charge in [0.15, 0.2) is 5.82 Å². The van der Waals surface area contributed by atoms with Gasteiger partial charge in [-0.1, -0.05) is 53.7 Å². The van der Waals surface area contributed by atoms with E-state index in [1.807, 2.05) is 36.4 Å². The van der Waals surface area contributed by atoms with Gasteiger partial charge < -0.3 is 9.26 Å². The van der Waals surface area contributed by atoms with Crippen LogP contribution in [0.3, 0.4) is 0 Å². The van der Waals surface area contributed by atoms with Crippen molar-refractivity contribution in [2.75, 3.05) is 13.2 Å². The molecule has 0 spiro atoms. The summed E-state index contributed by atoms with van der Waals surface area (Å²) in [7, 11) is 0. The molecule has 0 radical (unpaired) electrons. The Bertz CT molecular complexity index is 762. The highest BCUT2D eigenvalue weighted by Crippen LogP contribution is 2.32. The number of aromatic nitrogens is 2. The molecule has 1 saturated heterocycles. The van der Waals surface area contributed by atoms with Crippen molar-refractivity contribution in [3.8, 4) is 22.6 Å². The quantitative estimate of drug-likeness (QED) is 0.734. The molecule has 0 bridgehead atoms. The highest BCUT2D eigenvalue weighted by Gasteiger charge is 2.24. The SMILES string of the molecule is c1ccc(-c2ccccc2-c2nc([C@@H]3CCOC3)no2)cc1. The third-order valence-electron chi connectivity index (χ3n) is 3.98. The van der Waals surface area contributed by atoms with Crippen molar-refractivity contribution in [2.45, 2.75) is 12.3 Å². The Morgan fingerprint density at radius 3 is 2.45 bits per heavy atom. The molecule has 0 N–H and O–H groups in total. The van der Waals surface area contributed by atoms with Crippen LogP contribution in [-0.4, -0.2) is 23.4 Å². The maximum absolute atomic E-state index is 5.51. The number of benzene rings is 2. The molecule has 0 amide bonds. The van der Waals surface area contributed by atoms with Crippen molar-refractivity contribution in [1.29, 1.82) is 0 Å². The first-order valence-electron chi connectivity index (χ1n) is 7.48. The summed E-state index contributed by atoms with van der Waals surface area (Å²) in [6.45, 7) is 1.45. The van der Waals surface area contributed by atoms with Crippen molar-refractivity contribution >= 4 is 0 Å². The van der Waals surface area contributed by atoms with Crippen LogP contribution in [0.25, 0.3) is 22.6 Å². The van der Waals surface area contributed by atoms with Crippen LogP contribution in [0.5, 0.6) is 0 Å². The van der Waals surface area contributed by atoms with Gasteiger partial charge in [0, 0.05) is 18.1 Å². The third-order valence-corrected chi connectivity index (χ3v) is 3.98. The first-order chi connectivity index (χ1) is 10.9. The summed E-state index contributed by atoms with van der Waals surface area (Å²) in [5, 5.41) is 4.14. The largest absolute Gasteiger partial charge is 0.381 e. The number of hydrogen-bond donors (Lipinski definition) is 0. The van der Waals surface area contributed by atoms with E-state index >= 15 is 0 Å². The summed E-state index contributed by atoms with van der Waals surface area (Å²) < 4.78 is 10.9. The zero-order valence-corrected chi connectivity index (χ0v) is 12.1. The first kappa shape index (κ1) is 13.2. The number of nitrogens with zero attached hydrogens (tertiary/aromatic N) is 2. The van der Waals surface area contributed by atoms with E-state index in [9.17, 15) is 0 Å². The summed E-state index contributed by atoms with van der Waals surface area (Å²) in [4.78, 5) is 4.59. The Morgan fingerprint density at radius 1 is 0.909 bits per heavy atom. The van der Waals surface area contributed by atoms with Crippen molar-refractivity contribution < 1.29 is 9.26 Å². The Hall–Kier alpha value is -2.46. The average molecular weight is 292 g/mol. The Balaban J connectivity index is 1.74. The predicted molar refractivity (Wildman–Crippen MR) is 83.3 cm³/mol. The van der Waals surface area contributed by atoms with Crippen molar-refractivity contribution in [3.63, 3.8) is 0 Å².